The lowest BCUT2D eigenvalue weighted by atomic mass is 10.1. The summed E-state index contributed by atoms with van der Waals surface area (Å²) in [4.78, 5) is 24.4. The van der Waals surface area contributed by atoms with Crippen molar-refractivity contribution in [2.75, 3.05) is 0 Å². The first kappa shape index (κ1) is 17.8. The summed E-state index contributed by atoms with van der Waals surface area (Å²) in [5.74, 6) is 0.0157. The number of carbonyl (C=O) groups is 1. The Morgan fingerprint density at radius 3 is 2.80 bits per heavy atom. The zero-order chi connectivity index (χ0) is 17.6. The molecule has 134 valence electrons. The zero-order valence-corrected chi connectivity index (χ0v) is 15.2. The maximum Gasteiger partial charge on any atom is 0.343 e. The van der Waals surface area contributed by atoms with E-state index in [1.165, 1.54) is 30.2 Å². The normalized spacial score (nSPS) is 16.0. The van der Waals surface area contributed by atoms with Crippen LogP contribution in [-0.2, 0) is 17.8 Å². The lowest BCUT2D eigenvalue weighted by Gasteiger charge is -2.16. The van der Waals surface area contributed by atoms with Crippen LogP contribution in [0.15, 0.2) is 40.3 Å². The van der Waals surface area contributed by atoms with Crippen molar-refractivity contribution < 1.29 is 4.79 Å². The second-order valence-corrected chi connectivity index (χ2v) is 7.76. The second kappa shape index (κ2) is 8.38. The average Bonchev–Trinajstić information content (AvgIpc) is 3.24. The van der Waals surface area contributed by atoms with Gasteiger partial charge in [0.05, 0.1) is 5.25 Å². The van der Waals surface area contributed by atoms with Crippen molar-refractivity contribution in [1.29, 1.82) is 0 Å². The number of amides is 1. The molecule has 0 bridgehead atoms. The van der Waals surface area contributed by atoms with Crippen molar-refractivity contribution >= 4 is 17.7 Å². The number of nitrogens with one attached hydrogen (secondary N) is 2. The summed E-state index contributed by atoms with van der Waals surface area (Å²) in [5, 5.41) is 9.96. The highest BCUT2D eigenvalue weighted by Gasteiger charge is 2.23. The van der Waals surface area contributed by atoms with Crippen molar-refractivity contribution in [2.45, 2.75) is 62.0 Å². The van der Waals surface area contributed by atoms with Crippen LogP contribution >= 0.6 is 11.8 Å². The molecule has 0 radical (unpaired) electrons. The van der Waals surface area contributed by atoms with E-state index in [-0.39, 0.29) is 16.8 Å². The molecule has 2 aromatic rings. The smallest absolute Gasteiger partial charge is 0.343 e. The van der Waals surface area contributed by atoms with Crippen molar-refractivity contribution in [3.8, 4) is 0 Å². The second-order valence-electron chi connectivity index (χ2n) is 6.45. The fourth-order valence-corrected chi connectivity index (χ4v) is 3.97. The van der Waals surface area contributed by atoms with Crippen LogP contribution in [0.4, 0.5) is 0 Å². The van der Waals surface area contributed by atoms with Crippen LogP contribution in [0.5, 0.6) is 0 Å². The molecule has 7 heteroatoms. The van der Waals surface area contributed by atoms with Crippen molar-refractivity contribution in [3.63, 3.8) is 0 Å². The molecule has 25 heavy (non-hydrogen) atoms. The molecule has 1 saturated carbocycles. The Labute approximate surface area is 151 Å². The lowest BCUT2D eigenvalue weighted by molar-refractivity contribution is -0.120. The van der Waals surface area contributed by atoms with E-state index < -0.39 is 0 Å². The number of aromatic nitrogens is 3. The molecule has 2 N–H and O–H groups in total. The van der Waals surface area contributed by atoms with Crippen LogP contribution in [0.2, 0.25) is 0 Å². The lowest BCUT2D eigenvalue weighted by Crippen LogP contribution is -2.37. The van der Waals surface area contributed by atoms with Crippen LogP contribution in [-0.4, -0.2) is 32.0 Å². The number of H-pyrrole nitrogens is 1. The summed E-state index contributed by atoms with van der Waals surface area (Å²) in [5.41, 5.74) is 0.931. The van der Waals surface area contributed by atoms with Crippen LogP contribution < -0.4 is 11.0 Å². The molecule has 3 rings (SSSR count). The minimum absolute atomic E-state index is 0.0157. The topological polar surface area (TPSA) is 79.8 Å². The third-order valence-corrected chi connectivity index (χ3v) is 5.63. The molecule has 1 aromatic heterocycles. The predicted molar refractivity (Wildman–Crippen MR) is 98.7 cm³/mol. The Hall–Kier alpha value is -2.02. The summed E-state index contributed by atoms with van der Waals surface area (Å²) in [6, 6.07) is 10.3. The molecule has 1 aliphatic rings. The van der Waals surface area contributed by atoms with Gasteiger partial charge in [0, 0.05) is 12.6 Å². The van der Waals surface area contributed by atoms with Gasteiger partial charge in [-0.15, -0.1) is 5.10 Å². The molecular formula is C18H24N4O2S. The monoisotopic (exact) mass is 360 g/mol. The number of carbonyl (C=O) groups excluding carboxylic acids is 1. The van der Waals surface area contributed by atoms with Crippen LogP contribution in [0.1, 0.15) is 38.2 Å². The van der Waals surface area contributed by atoms with Gasteiger partial charge in [-0.1, -0.05) is 54.9 Å². The largest absolute Gasteiger partial charge is 0.352 e. The van der Waals surface area contributed by atoms with E-state index in [2.05, 4.69) is 15.5 Å². The highest BCUT2D eigenvalue weighted by atomic mass is 32.2. The van der Waals surface area contributed by atoms with E-state index >= 15 is 0 Å². The molecular weight excluding hydrogens is 336 g/mol. The number of rotatable bonds is 7. The van der Waals surface area contributed by atoms with Crippen molar-refractivity contribution in [3.05, 3.63) is 46.4 Å². The van der Waals surface area contributed by atoms with E-state index in [1.54, 1.807) is 4.57 Å². The summed E-state index contributed by atoms with van der Waals surface area (Å²) < 4.78 is 1.61. The molecule has 0 saturated heterocycles. The summed E-state index contributed by atoms with van der Waals surface area (Å²) in [7, 11) is 0. The molecule has 0 spiro atoms. The van der Waals surface area contributed by atoms with Crippen molar-refractivity contribution in [1.82, 2.24) is 20.1 Å². The summed E-state index contributed by atoms with van der Waals surface area (Å²) in [6.45, 7) is 2.40. The van der Waals surface area contributed by atoms with Crippen molar-refractivity contribution in [2.24, 2.45) is 0 Å². The Balaban J connectivity index is 1.60. The maximum atomic E-state index is 12.3. The summed E-state index contributed by atoms with van der Waals surface area (Å²) in [6.07, 6.45) is 5.24. The van der Waals surface area contributed by atoms with Crippen LogP contribution in [0.3, 0.4) is 0 Å². The molecule has 6 nitrogen and oxygen atoms in total. The number of aromatic amines is 1. The molecule has 1 atom stereocenters. The molecule has 1 unspecified atom stereocenters. The number of nitrogens with zero attached hydrogens (tertiary/aromatic N) is 2. The third-order valence-electron chi connectivity index (χ3n) is 4.54. The van der Waals surface area contributed by atoms with E-state index in [0.29, 0.717) is 17.7 Å². The van der Waals surface area contributed by atoms with E-state index in [9.17, 15) is 9.59 Å². The zero-order valence-electron chi connectivity index (χ0n) is 14.4. The predicted octanol–water partition coefficient (Wildman–Crippen LogP) is 2.35. The first-order valence-corrected chi connectivity index (χ1v) is 9.67. The average molecular weight is 360 g/mol. The molecule has 0 aliphatic heterocycles. The SMILES string of the molecule is CC(Sc1n[nH]c(=O)n1CCc1ccccc1)C(=O)NC1CCCC1. The summed E-state index contributed by atoms with van der Waals surface area (Å²) >= 11 is 1.33. The third kappa shape index (κ3) is 4.75. The van der Waals surface area contributed by atoms with Gasteiger partial charge >= 0.3 is 5.69 Å². The van der Waals surface area contributed by atoms with Gasteiger partial charge in [-0.05, 0) is 31.7 Å². The molecule has 1 aromatic carbocycles. The van der Waals surface area contributed by atoms with Crippen LogP contribution in [0.25, 0.3) is 0 Å². The first-order valence-electron chi connectivity index (χ1n) is 8.79. The van der Waals surface area contributed by atoms with Gasteiger partial charge in [0.1, 0.15) is 0 Å². The quantitative estimate of drug-likeness (QED) is 0.743. The van der Waals surface area contributed by atoms with E-state index in [1.807, 2.05) is 37.3 Å². The standard InChI is InChI=1S/C18H24N4O2S/c1-13(16(23)19-15-9-5-6-10-15)25-18-21-20-17(24)22(18)12-11-14-7-3-2-4-8-14/h2-4,7-8,13,15H,5-6,9-12H2,1H3,(H,19,23)(H,20,24). The van der Waals surface area contributed by atoms with Crippen LogP contribution in [0, 0.1) is 0 Å². The van der Waals surface area contributed by atoms with Gasteiger partial charge in [-0.2, -0.15) is 0 Å². The fourth-order valence-electron chi connectivity index (χ4n) is 3.08. The first-order chi connectivity index (χ1) is 12.1. The number of hydrogen-bond acceptors (Lipinski definition) is 4. The Kier molecular flexibility index (Phi) is 5.96. The maximum absolute atomic E-state index is 12.3. The molecule has 1 aliphatic carbocycles. The van der Waals surface area contributed by atoms with Gasteiger partial charge < -0.3 is 5.32 Å². The number of aryl methyl sites for hydroxylation is 1. The molecule has 1 fully saturated rings. The fraction of sp³-hybridized carbons (Fsp3) is 0.500. The Morgan fingerprint density at radius 1 is 1.36 bits per heavy atom. The van der Waals surface area contributed by atoms with Gasteiger partial charge in [0.15, 0.2) is 5.16 Å². The Bertz CT molecular complexity index is 750. The Morgan fingerprint density at radius 2 is 2.08 bits per heavy atom. The van der Waals surface area contributed by atoms with Gasteiger partial charge in [0.25, 0.3) is 0 Å². The highest BCUT2D eigenvalue weighted by molar-refractivity contribution is 8.00. The van der Waals surface area contributed by atoms with Gasteiger partial charge in [0.2, 0.25) is 5.91 Å². The molecule has 1 amide bonds. The van der Waals surface area contributed by atoms with Gasteiger partial charge in [-0.3, -0.25) is 9.36 Å². The minimum atomic E-state index is -0.286. The number of hydrogen-bond donors (Lipinski definition) is 2. The number of benzene rings is 1. The highest BCUT2D eigenvalue weighted by Crippen LogP contribution is 2.22. The number of thioether (sulfide) groups is 1. The van der Waals surface area contributed by atoms with Gasteiger partial charge in [-0.25, -0.2) is 9.89 Å². The minimum Gasteiger partial charge on any atom is -0.352 e. The van der Waals surface area contributed by atoms with E-state index in [0.717, 1.165) is 19.3 Å². The molecule has 1 heterocycles. The van der Waals surface area contributed by atoms with E-state index in [4.69, 9.17) is 0 Å².